The minimum Gasteiger partial charge on any atom is -0.495 e. The van der Waals surface area contributed by atoms with Crippen LogP contribution in [-0.4, -0.2) is 23.6 Å². The summed E-state index contributed by atoms with van der Waals surface area (Å²) in [5.41, 5.74) is 3.09. The van der Waals surface area contributed by atoms with Crippen LogP contribution < -0.4 is 9.47 Å². The molecule has 0 amide bonds. The number of hydrogen-bond donors (Lipinski definition) is 0. The largest absolute Gasteiger partial charge is 0.495 e. The first-order chi connectivity index (χ1) is 10.3. The summed E-state index contributed by atoms with van der Waals surface area (Å²) in [5, 5.41) is 9.06. The Morgan fingerprint density at radius 2 is 2.00 bits per heavy atom. The third kappa shape index (κ3) is 2.07. The van der Waals surface area contributed by atoms with Crippen LogP contribution in [0.1, 0.15) is 5.56 Å². The van der Waals surface area contributed by atoms with Gasteiger partial charge in [-0.2, -0.15) is 5.26 Å². The van der Waals surface area contributed by atoms with Crippen molar-refractivity contribution >= 4 is 5.65 Å². The van der Waals surface area contributed by atoms with Gasteiger partial charge in [0.2, 0.25) is 0 Å². The number of methoxy groups -OCH3 is 2. The molecule has 0 atom stereocenters. The van der Waals surface area contributed by atoms with E-state index in [2.05, 4.69) is 11.1 Å². The SMILES string of the molecule is COc1cc(-c2cnc3cccc(OC)n23)ccc1C#N. The molecule has 5 nitrogen and oxygen atoms in total. The number of pyridine rings is 1. The highest BCUT2D eigenvalue weighted by molar-refractivity contribution is 5.68. The first-order valence-electron chi connectivity index (χ1n) is 6.37. The zero-order valence-electron chi connectivity index (χ0n) is 11.7. The van der Waals surface area contributed by atoms with Gasteiger partial charge in [-0.15, -0.1) is 0 Å². The van der Waals surface area contributed by atoms with Crippen molar-refractivity contribution in [2.75, 3.05) is 14.2 Å². The lowest BCUT2D eigenvalue weighted by Gasteiger charge is -2.09. The lowest BCUT2D eigenvalue weighted by atomic mass is 10.1. The lowest BCUT2D eigenvalue weighted by Crippen LogP contribution is -1.96. The summed E-state index contributed by atoms with van der Waals surface area (Å²) in [5.74, 6) is 1.24. The first-order valence-corrected chi connectivity index (χ1v) is 6.37. The molecular formula is C16H13N3O2. The molecule has 2 aromatic heterocycles. The maximum absolute atomic E-state index is 9.06. The summed E-state index contributed by atoms with van der Waals surface area (Å²) in [4.78, 5) is 4.38. The predicted molar refractivity (Wildman–Crippen MR) is 78.4 cm³/mol. The number of nitrogens with zero attached hydrogens (tertiary/aromatic N) is 3. The number of hydrogen-bond acceptors (Lipinski definition) is 4. The third-order valence-corrected chi connectivity index (χ3v) is 3.32. The van der Waals surface area contributed by atoms with Gasteiger partial charge >= 0.3 is 0 Å². The van der Waals surface area contributed by atoms with Gasteiger partial charge in [0.15, 0.2) is 5.88 Å². The summed E-state index contributed by atoms with van der Waals surface area (Å²) in [6, 6.07) is 13.2. The van der Waals surface area contributed by atoms with Crippen LogP contribution >= 0.6 is 0 Å². The van der Waals surface area contributed by atoms with E-state index in [0.29, 0.717) is 17.2 Å². The monoisotopic (exact) mass is 279 g/mol. The zero-order valence-corrected chi connectivity index (χ0v) is 11.7. The second-order valence-electron chi connectivity index (χ2n) is 4.43. The molecule has 0 aliphatic rings. The Kier molecular flexibility index (Phi) is 3.20. The Balaban J connectivity index is 2.24. The Morgan fingerprint density at radius 1 is 1.14 bits per heavy atom. The molecule has 0 aliphatic heterocycles. The molecule has 5 heteroatoms. The normalized spacial score (nSPS) is 10.3. The van der Waals surface area contributed by atoms with Crippen LogP contribution in [0.2, 0.25) is 0 Å². The summed E-state index contributed by atoms with van der Waals surface area (Å²) in [6.45, 7) is 0. The number of rotatable bonds is 3. The van der Waals surface area contributed by atoms with E-state index in [1.54, 1.807) is 26.5 Å². The van der Waals surface area contributed by atoms with Gasteiger partial charge in [-0.25, -0.2) is 4.98 Å². The fourth-order valence-corrected chi connectivity index (χ4v) is 2.31. The van der Waals surface area contributed by atoms with Gasteiger partial charge in [0.05, 0.1) is 31.7 Å². The van der Waals surface area contributed by atoms with Crippen molar-refractivity contribution in [1.29, 1.82) is 5.26 Å². The van der Waals surface area contributed by atoms with Gasteiger partial charge in [-0.05, 0) is 24.3 Å². The maximum Gasteiger partial charge on any atom is 0.199 e. The number of aromatic nitrogens is 2. The second kappa shape index (κ2) is 5.17. The van der Waals surface area contributed by atoms with Gasteiger partial charge < -0.3 is 9.47 Å². The quantitative estimate of drug-likeness (QED) is 0.739. The molecule has 0 N–H and O–H groups in total. The molecule has 21 heavy (non-hydrogen) atoms. The highest BCUT2D eigenvalue weighted by Gasteiger charge is 2.12. The minimum atomic E-state index is 0.502. The predicted octanol–water partition coefficient (Wildman–Crippen LogP) is 2.89. The molecule has 0 unspecified atom stereocenters. The molecule has 2 heterocycles. The van der Waals surface area contributed by atoms with E-state index in [0.717, 1.165) is 16.9 Å². The fourth-order valence-electron chi connectivity index (χ4n) is 2.31. The van der Waals surface area contributed by atoms with E-state index in [4.69, 9.17) is 14.7 Å². The van der Waals surface area contributed by atoms with E-state index < -0.39 is 0 Å². The number of fused-ring (bicyclic) bond motifs is 1. The Labute approximate surface area is 122 Å². The highest BCUT2D eigenvalue weighted by Crippen LogP contribution is 2.29. The fraction of sp³-hybridized carbons (Fsp3) is 0.125. The molecule has 0 bridgehead atoms. The van der Waals surface area contributed by atoms with Crippen molar-refractivity contribution < 1.29 is 9.47 Å². The number of benzene rings is 1. The van der Waals surface area contributed by atoms with E-state index in [9.17, 15) is 0 Å². The molecule has 0 saturated carbocycles. The van der Waals surface area contributed by atoms with Crippen LogP contribution in [-0.2, 0) is 0 Å². The lowest BCUT2D eigenvalue weighted by molar-refractivity contribution is 0.393. The van der Waals surface area contributed by atoms with Crippen molar-refractivity contribution in [3.05, 3.63) is 48.2 Å². The number of nitriles is 1. The van der Waals surface area contributed by atoms with Crippen LogP contribution in [0.5, 0.6) is 11.6 Å². The van der Waals surface area contributed by atoms with Gasteiger partial charge in [-0.3, -0.25) is 4.40 Å². The maximum atomic E-state index is 9.06. The molecular weight excluding hydrogens is 266 g/mol. The summed E-state index contributed by atoms with van der Waals surface area (Å²) >= 11 is 0. The van der Waals surface area contributed by atoms with Crippen molar-refractivity contribution in [3.8, 4) is 29.0 Å². The van der Waals surface area contributed by atoms with Crippen molar-refractivity contribution in [2.24, 2.45) is 0 Å². The summed E-state index contributed by atoms with van der Waals surface area (Å²) in [7, 11) is 3.17. The second-order valence-corrected chi connectivity index (χ2v) is 4.43. The molecule has 1 aromatic carbocycles. The molecule has 0 aliphatic carbocycles. The molecule has 0 saturated heterocycles. The van der Waals surface area contributed by atoms with Crippen LogP contribution in [0, 0.1) is 11.3 Å². The average Bonchev–Trinajstić information content (AvgIpc) is 2.98. The molecule has 3 aromatic rings. The van der Waals surface area contributed by atoms with E-state index in [-0.39, 0.29) is 0 Å². The Morgan fingerprint density at radius 3 is 2.71 bits per heavy atom. The highest BCUT2D eigenvalue weighted by atomic mass is 16.5. The van der Waals surface area contributed by atoms with E-state index in [1.165, 1.54) is 0 Å². The van der Waals surface area contributed by atoms with Crippen molar-refractivity contribution in [3.63, 3.8) is 0 Å². The van der Waals surface area contributed by atoms with Gasteiger partial charge in [0.1, 0.15) is 17.5 Å². The van der Waals surface area contributed by atoms with Gasteiger partial charge in [0, 0.05) is 5.56 Å². The molecule has 3 rings (SSSR count). The van der Waals surface area contributed by atoms with Crippen LogP contribution in [0.25, 0.3) is 16.9 Å². The van der Waals surface area contributed by atoms with Crippen molar-refractivity contribution in [2.45, 2.75) is 0 Å². The van der Waals surface area contributed by atoms with Crippen LogP contribution in [0.15, 0.2) is 42.6 Å². The first kappa shape index (κ1) is 13.0. The third-order valence-electron chi connectivity index (χ3n) is 3.32. The topological polar surface area (TPSA) is 59.6 Å². The summed E-state index contributed by atoms with van der Waals surface area (Å²) < 4.78 is 12.6. The van der Waals surface area contributed by atoms with E-state index >= 15 is 0 Å². The van der Waals surface area contributed by atoms with Crippen LogP contribution in [0.3, 0.4) is 0 Å². The molecule has 104 valence electrons. The minimum absolute atomic E-state index is 0.502. The van der Waals surface area contributed by atoms with Gasteiger partial charge in [0.25, 0.3) is 0 Å². The molecule has 0 fully saturated rings. The number of ether oxygens (including phenoxy) is 2. The van der Waals surface area contributed by atoms with Crippen LogP contribution in [0.4, 0.5) is 0 Å². The number of imidazole rings is 1. The summed E-state index contributed by atoms with van der Waals surface area (Å²) in [6.07, 6.45) is 1.78. The molecule has 0 radical (unpaired) electrons. The van der Waals surface area contributed by atoms with Crippen molar-refractivity contribution in [1.82, 2.24) is 9.38 Å². The standard InChI is InChI=1S/C16H13N3O2/c1-20-14-8-11(6-7-12(14)9-17)13-10-18-15-4-3-5-16(21-2)19(13)15/h3-8,10H,1-2H3. The molecule has 0 spiro atoms. The Hall–Kier alpha value is -3.00. The smallest absolute Gasteiger partial charge is 0.199 e. The van der Waals surface area contributed by atoms with Gasteiger partial charge in [-0.1, -0.05) is 12.1 Å². The van der Waals surface area contributed by atoms with E-state index in [1.807, 2.05) is 34.7 Å². The zero-order chi connectivity index (χ0) is 14.8. The average molecular weight is 279 g/mol. The Bertz CT molecular complexity index is 846.